The fourth-order valence-corrected chi connectivity index (χ4v) is 3.37. The Morgan fingerprint density at radius 1 is 0.500 bits per heavy atom. The van der Waals surface area contributed by atoms with Crippen molar-refractivity contribution in [3.8, 4) is 11.5 Å². The molecule has 0 aromatic heterocycles. The third kappa shape index (κ3) is 18.6. The van der Waals surface area contributed by atoms with Gasteiger partial charge in [-0.15, -0.1) is 0 Å². The van der Waals surface area contributed by atoms with Crippen LogP contribution in [0.25, 0.3) is 0 Å². The van der Waals surface area contributed by atoms with E-state index >= 15 is 0 Å². The SMILES string of the molecule is CCCCCCCCCCCCOc1ccc(OCCOCCOCCOCCS)cc1. The number of ether oxygens (including phenoxy) is 5. The minimum atomic E-state index is 0.518. The molecule has 0 heterocycles. The lowest BCUT2D eigenvalue weighted by Gasteiger charge is -2.09. The van der Waals surface area contributed by atoms with Gasteiger partial charge >= 0.3 is 0 Å². The van der Waals surface area contributed by atoms with Crippen molar-refractivity contribution in [3.05, 3.63) is 24.3 Å². The van der Waals surface area contributed by atoms with Gasteiger partial charge in [-0.2, -0.15) is 12.6 Å². The highest BCUT2D eigenvalue weighted by Gasteiger charge is 1.98. The summed E-state index contributed by atoms with van der Waals surface area (Å²) in [5.41, 5.74) is 0. The van der Waals surface area contributed by atoms with Crippen molar-refractivity contribution in [1.29, 1.82) is 0 Å². The van der Waals surface area contributed by atoms with Gasteiger partial charge in [-0.05, 0) is 30.7 Å². The van der Waals surface area contributed by atoms with E-state index in [1.807, 2.05) is 24.3 Å². The lowest BCUT2D eigenvalue weighted by Crippen LogP contribution is -2.13. The largest absolute Gasteiger partial charge is 0.494 e. The molecule has 0 radical (unpaired) electrons. The highest BCUT2D eigenvalue weighted by molar-refractivity contribution is 7.80. The van der Waals surface area contributed by atoms with E-state index in [0.29, 0.717) is 46.2 Å². The number of rotatable bonds is 24. The number of hydrogen-bond acceptors (Lipinski definition) is 6. The summed E-state index contributed by atoms with van der Waals surface area (Å²) in [6.45, 7) is 7.08. The van der Waals surface area contributed by atoms with Crippen LogP contribution in [-0.4, -0.2) is 58.6 Å². The number of hydrogen-bond donors (Lipinski definition) is 1. The van der Waals surface area contributed by atoms with E-state index < -0.39 is 0 Å². The Kier molecular flexibility index (Phi) is 21.1. The summed E-state index contributed by atoms with van der Waals surface area (Å²) in [6, 6.07) is 7.83. The van der Waals surface area contributed by atoms with E-state index in [1.165, 1.54) is 57.8 Å². The molecule has 186 valence electrons. The molecule has 0 atom stereocenters. The predicted molar refractivity (Wildman–Crippen MR) is 136 cm³/mol. The molecular weight excluding hydrogens is 424 g/mol. The topological polar surface area (TPSA) is 46.2 Å². The van der Waals surface area contributed by atoms with Crippen molar-refractivity contribution in [1.82, 2.24) is 0 Å². The molecule has 0 bridgehead atoms. The van der Waals surface area contributed by atoms with E-state index in [0.717, 1.165) is 30.3 Å². The van der Waals surface area contributed by atoms with Gasteiger partial charge in [-0.1, -0.05) is 64.7 Å². The molecular formula is C26H46O5S. The molecule has 0 amide bonds. The predicted octanol–water partition coefficient (Wildman–Crippen LogP) is 6.34. The minimum absolute atomic E-state index is 0.518. The van der Waals surface area contributed by atoms with Crippen molar-refractivity contribution in [2.45, 2.75) is 71.1 Å². The van der Waals surface area contributed by atoms with Gasteiger partial charge in [0.25, 0.3) is 0 Å². The monoisotopic (exact) mass is 470 g/mol. The maximum atomic E-state index is 5.84. The Bertz CT molecular complexity index is 452. The number of benzene rings is 1. The van der Waals surface area contributed by atoms with Crippen molar-refractivity contribution in [2.24, 2.45) is 0 Å². The van der Waals surface area contributed by atoms with Gasteiger partial charge in [-0.25, -0.2) is 0 Å². The normalized spacial score (nSPS) is 11.1. The van der Waals surface area contributed by atoms with Gasteiger partial charge in [0.1, 0.15) is 18.1 Å². The molecule has 32 heavy (non-hydrogen) atoms. The van der Waals surface area contributed by atoms with Crippen molar-refractivity contribution in [2.75, 3.05) is 58.6 Å². The van der Waals surface area contributed by atoms with Gasteiger partial charge in [-0.3, -0.25) is 0 Å². The first-order valence-electron chi connectivity index (χ1n) is 12.6. The summed E-state index contributed by atoms with van der Waals surface area (Å²) in [5, 5.41) is 0. The van der Waals surface area contributed by atoms with Crippen LogP contribution in [0.3, 0.4) is 0 Å². The van der Waals surface area contributed by atoms with Gasteiger partial charge in [0.15, 0.2) is 0 Å². The van der Waals surface area contributed by atoms with Crippen LogP contribution in [0.1, 0.15) is 71.1 Å². The maximum Gasteiger partial charge on any atom is 0.119 e. The van der Waals surface area contributed by atoms with Crippen LogP contribution in [0.2, 0.25) is 0 Å². The first-order chi connectivity index (χ1) is 15.9. The standard InChI is InChI=1S/C26H46O5S/c1-2-3-4-5-6-7-8-9-10-11-16-30-25-12-14-26(15-13-25)31-22-21-28-18-17-27-19-20-29-23-24-32/h12-15,32H,2-11,16-24H2,1H3. The summed E-state index contributed by atoms with van der Waals surface area (Å²) in [5.74, 6) is 2.47. The average molecular weight is 471 g/mol. The Labute approximate surface area is 201 Å². The van der Waals surface area contributed by atoms with Crippen LogP contribution in [-0.2, 0) is 14.2 Å². The maximum absolute atomic E-state index is 5.84. The molecule has 0 N–H and O–H groups in total. The van der Waals surface area contributed by atoms with Crippen molar-refractivity contribution < 1.29 is 23.7 Å². The first kappa shape index (κ1) is 29.1. The third-order valence-electron chi connectivity index (χ3n) is 5.07. The van der Waals surface area contributed by atoms with Gasteiger partial charge in [0.2, 0.25) is 0 Å². The molecule has 1 aromatic rings. The van der Waals surface area contributed by atoms with Crippen molar-refractivity contribution in [3.63, 3.8) is 0 Å². The number of unbranched alkanes of at least 4 members (excludes halogenated alkanes) is 9. The molecule has 1 rings (SSSR count). The average Bonchev–Trinajstić information content (AvgIpc) is 2.82. The van der Waals surface area contributed by atoms with E-state index in [-0.39, 0.29) is 0 Å². The van der Waals surface area contributed by atoms with E-state index in [4.69, 9.17) is 23.7 Å². The van der Waals surface area contributed by atoms with Crippen LogP contribution >= 0.6 is 12.6 Å². The Hall–Kier alpha value is -0.950. The van der Waals surface area contributed by atoms with Crippen LogP contribution in [0.4, 0.5) is 0 Å². The second-order valence-corrected chi connectivity index (χ2v) is 8.36. The van der Waals surface area contributed by atoms with Gasteiger partial charge < -0.3 is 23.7 Å². The summed E-state index contributed by atoms with van der Waals surface area (Å²) in [6.07, 6.45) is 13.4. The molecule has 5 nitrogen and oxygen atoms in total. The van der Waals surface area contributed by atoms with Crippen LogP contribution in [0, 0.1) is 0 Å². The lowest BCUT2D eigenvalue weighted by atomic mass is 10.1. The second-order valence-electron chi connectivity index (χ2n) is 7.91. The zero-order valence-electron chi connectivity index (χ0n) is 20.2. The summed E-state index contributed by atoms with van der Waals surface area (Å²) >= 11 is 4.08. The Morgan fingerprint density at radius 2 is 0.906 bits per heavy atom. The number of thiol groups is 1. The second kappa shape index (κ2) is 23.2. The molecule has 0 aliphatic carbocycles. The third-order valence-corrected chi connectivity index (χ3v) is 5.25. The van der Waals surface area contributed by atoms with Crippen LogP contribution in [0.15, 0.2) is 24.3 Å². The van der Waals surface area contributed by atoms with Gasteiger partial charge in [0.05, 0.1) is 46.2 Å². The zero-order valence-corrected chi connectivity index (χ0v) is 21.1. The molecule has 0 unspecified atom stereocenters. The quantitative estimate of drug-likeness (QED) is 0.141. The molecule has 0 spiro atoms. The smallest absolute Gasteiger partial charge is 0.119 e. The fourth-order valence-electron chi connectivity index (χ4n) is 3.24. The van der Waals surface area contributed by atoms with E-state index in [9.17, 15) is 0 Å². The highest BCUT2D eigenvalue weighted by Crippen LogP contribution is 2.18. The minimum Gasteiger partial charge on any atom is -0.494 e. The molecule has 0 aliphatic rings. The fraction of sp³-hybridized carbons (Fsp3) is 0.769. The van der Waals surface area contributed by atoms with Crippen LogP contribution < -0.4 is 9.47 Å². The molecule has 0 fully saturated rings. The lowest BCUT2D eigenvalue weighted by molar-refractivity contribution is 0.0118. The van der Waals surface area contributed by atoms with E-state index in [1.54, 1.807) is 0 Å². The zero-order chi connectivity index (χ0) is 23.0. The molecule has 1 aromatic carbocycles. The molecule has 0 saturated carbocycles. The molecule has 0 saturated heterocycles. The summed E-state index contributed by atoms with van der Waals surface area (Å²) in [7, 11) is 0. The van der Waals surface area contributed by atoms with Crippen molar-refractivity contribution >= 4 is 12.6 Å². The van der Waals surface area contributed by atoms with Gasteiger partial charge in [0, 0.05) is 5.75 Å². The Morgan fingerprint density at radius 3 is 1.41 bits per heavy atom. The van der Waals surface area contributed by atoms with E-state index in [2.05, 4.69) is 19.6 Å². The first-order valence-corrected chi connectivity index (χ1v) is 13.2. The Balaban J connectivity index is 1.89. The molecule has 0 aliphatic heterocycles. The molecule has 6 heteroatoms. The highest BCUT2D eigenvalue weighted by atomic mass is 32.1. The van der Waals surface area contributed by atoms with Crippen LogP contribution in [0.5, 0.6) is 11.5 Å². The summed E-state index contributed by atoms with van der Waals surface area (Å²) in [4.78, 5) is 0. The summed E-state index contributed by atoms with van der Waals surface area (Å²) < 4.78 is 27.7.